The molecule has 24 heavy (non-hydrogen) atoms. The number of nitrogens with zero attached hydrogens (tertiary/aromatic N) is 1. The van der Waals surface area contributed by atoms with Crippen molar-refractivity contribution in [1.29, 1.82) is 0 Å². The van der Waals surface area contributed by atoms with Crippen LogP contribution in [0.2, 0.25) is 0 Å². The molecule has 1 amide bonds. The molecule has 1 saturated carbocycles. The predicted octanol–water partition coefficient (Wildman–Crippen LogP) is 3.52. The first-order valence-corrected chi connectivity index (χ1v) is 7.81. The lowest BCUT2D eigenvalue weighted by molar-refractivity contribution is -0.141. The van der Waals surface area contributed by atoms with Crippen LogP contribution in [0.1, 0.15) is 43.7 Å². The number of hydrogen-bond donors (Lipinski definition) is 1. The molecule has 1 aromatic carbocycles. The molecule has 1 N–H and O–H groups in total. The van der Waals surface area contributed by atoms with Gasteiger partial charge in [0.1, 0.15) is 0 Å². The van der Waals surface area contributed by atoms with Gasteiger partial charge in [-0.2, -0.15) is 13.2 Å². The SMILES string of the molecule is CC(C)N(CCC(=O)O)C(=O)C1CC1c1ccccc1C(F)(F)F. The average Bonchev–Trinajstić information content (AvgIpc) is 3.26. The van der Waals surface area contributed by atoms with E-state index in [9.17, 15) is 22.8 Å². The van der Waals surface area contributed by atoms with Crippen LogP contribution < -0.4 is 0 Å². The van der Waals surface area contributed by atoms with E-state index in [-0.39, 0.29) is 30.5 Å². The maximum Gasteiger partial charge on any atom is 0.416 e. The number of aliphatic carboxylic acids is 1. The Hall–Kier alpha value is -2.05. The highest BCUT2D eigenvalue weighted by Gasteiger charge is 2.49. The number of alkyl halides is 3. The van der Waals surface area contributed by atoms with Gasteiger partial charge in [-0.25, -0.2) is 0 Å². The van der Waals surface area contributed by atoms with Crippen molar-refractivity contribution in [2.24, 2.45) is 5.92 Å². The molecule has 0 radical (unpaired) electrons. The van der Waals surface area contributed by atoms with Crippen molar-refractivity contribution < 1.29 is 27.9 Å². The Labute approximate surface area is 138 Å². The summed E-state index contributed by atoms with van der Waals surface area (Å²) < 4.78 is 39.3. The molecule has 7 heteroatoms. The van der Waals surface area contributed by atoms with Crippen molar-refractivity contribution in [2.75, 3.05) is 6.54 Å². The molecular weight excluding hydrogens is 323 g/mol. The Morgan fingerprint density at radius 2 is 1.92 bits per heavy atom. The van der Waals surface area contributed by atoms with Crippen molar-refractivity contribution in [3.05, 3.63) is 35.4 Å². The predicted molar refractivity (Wildman–Crippen MR) is 81.4 cm³/mol. The number of halogens is 3. The first-order chi connectivity index (χ1) is 11.1. The summed E-state index contributed by atoms with van der Waals surface area (Å²) >= 11 is 0. The molecule has 1 fully saturated rings. The lowest BCUT2D eigenvalue weighted by Gasteiger charge is -2.26. The zero-order valence-corrected chi connectivity index (χ0v) is 13.5. The van der Waals surface area contributed by atoms with Gasteiger partial charge in [0.05, 0.1) is 12.0 Å². The van der Waals surface area contributed by atoms with Crippen LogP contribution in [0.25, 0.3) is 0 Å². The molecule has 0 bridgehead atoms. The quantitative estimate of drug-likeness (QED) is 0.860. The van der Waals surface area contributed by atoms with Crippen LogP contribution in [0.4, 0.5) is 13.2 Å². The second kappa shape index (κ2) is 6.83. The summed E-state index contributed by atoms with van der Waals surface area (Å²) in [6.45, 7) is 3.59. The van der Waals surface area contributed by atoms with Gasteiger partial charge >= 0.3 is 12.1 Å². The molecule has 0 saturated heterocycles. The van der Waals surface area contributed by atoms with Crippen LogP contribution in [0, 0.1) is 5.92 Å². The Bertz CT molecular complexity index is 628. The van der Waals surface area contributed by atoms with Gasteiger partial charge in [-0.15, -0.1) is 0 Å². The summed E-state index contributed by atoms with van der Waals surface area (Å²) in [6.07, 6.45) is -4.27. The highest BCUT2D eigenvalue weighted by Crippen LogP contribution is 2.51. The summed E-state index contributed by atoms with van der Waals surface area (Å²) in [7, 11) is 0. The number of carboxylic acid groups (broad SMARTS) is 1. The summed E-state index contributed by atoms with van der Waals surface area (Å²) in [5, 5.41) is 8.77. The van der Waals surface area contributed by atoms with Crippen LogP contribution in [0.5, 0.6) is 0 Å². The van der Waals surface area contributed by atoms with E-state index in [0.29, 0.717) is 6.42 Å². The maximum atomic E-state index is 13.1. The van der Waals surface area contributed by atoms with Crippen molar-refractivity contribution >= 4 is 11.9 Å². The van der Waals surface area contributed by atoms with Gasteiger partial charge < -0.3 is 10.0 Å². The third-order valence-corrected chi connectivity index (χ3v) is 4.25. The second-order valence-electron chi connectivity index (χ2n) is 6.30. The minimum Gasteiger partial charge on any atom is -0.481 e. The lowest BCUT2D eigenvalue weighted by atomic mass is 10.0. The Kier molecular flexibility index (Phi) is 5.20. The second-order valence-corrected chi connectivity index (χ2v) is 6.30. The van der Waals surface area contributed by atoms with Crippen molar-refractivity contribution in [3.63, 3.8) is 0 Å². The van der Waals surface area contributed by atoms with E-state index in [1.54, 1.807) is 13.8 Å². The van der Waals surface area contributed by atoms with Gasteiger partial charge in [-0.1, -0.05) is 18.2 Å². The zero-order valence-electron chi connectivity index (χ0n) is 13.5. The highest BCUT2D eigenvalue weighted by molar-refractivity contribution is 5.84. The number of benzene rings is 1. The van der Waals surface area contributed by atoms with E-state index in [1.807, 2.05) is 0 Å². The molecule has 0 aromatic heterocycles. The number of amides is 1. The number of carbonyl (C=O) groups excluding carboxylic acids is 1. The lowest BCUT2D eigenvalue weighted by Crippen LogP contribution is -2.39. The van der Waals surface area contributed by atoms with Crippen LogP contribution >= 0.6 is 0 Å². The number of carbonyl (C=O) groups is 2. The fourth-order valence-electron chi connectivity index (χ4n) is 2.94. The maximum absolute atomic E-state index is 13.1. The normalized spacial score (nSPS) is 20.1. The molecule has 4 nitrogen and oxygen atoms in total. The Morgan fingerprint density at radius 3 is 2.46 bits per heavy atom. The van der Waals surface area contributed by atoms with E-state index in [4.69, 9.17) is 5.11 Å². The van der Waals surface area contributed by atoms with E-state index in [2.05, 4.69) is 0 Å². The fraction of sp³-hybridized carbons (Fsp3) is 0.529. The average molecular weight is 343 g/mol. The number of rotatable bonds is 6. The first kappa shape index (κ1) is 18.3. The van der Waals surface area contributed by atoms with Crippen LogP contribution in [0.3, 0.4) is 0 Å². The van der Waals surface area contributed by atoms with Crippen molar-refractivity contribution in [3.8, 4) is 0 Å². The van der Waals surface area contributed by atoms with E-state index >= 15 is 0 Å². The molecule has 2 rings (SSSR count). The van der Waals surface area contributed by atoms with Crippen LogP contribution in [-0.2, 0) is 15.8 Å². The molecule has 1 aromatic rings. The minimum absolute atomic E-state index is 0.0654. The molecule has 132 valence electrons. The van der Waals surface area contributed by atoms with E-state index < -0.39 is 29.5 Å². The molecule has 0 heterocycles. The van der Waals surface area contributed by atoms with Gasteiger partial charge in [0.2, 0.25) is 5.91 Å². The summed E-state index contributed by atoms with van der Waals surface area (Å²) in [5.74, 6) is -2.25. The molecule has 1 aliphatic carbocycles. The zero-order chi connectivity index (χ0) is 18.1. The summed E-state index contributed by atoms with van der Waals surface area (Å²) in [4.78, 5) is 24.7. The fourth-order valence-corrected chi connectivity index (χ4v) is 2.94. The topological polar surface area (TPSA) is 57.6 Å². The molecule has 1 aliphatic rings. The summed E-state index contributed by atoms with van der Waals surface area (Å²) in [5.41, 5.74) is -0.558. The molecule has 0 spiro atoms. The largest absolute Gasteiger partial charge is 0.481 e. The number of carboxylic acids is 1. The van der Waals surface area contributed by atoms with E-state index in [1.165, 1.54) is 23.1 Å². The van der Waals surface area contributed by atoms with E-state index in [0.717, 1.165) is 6.07 Å². The molecule has 2 unspecified atom stereocenters. The van der Waals surface area contributed by atoms with Gasteiger partial charge in [0.15, 0.2) is 0 Å². The highest BCUT2D eigenvalue weighted by atomic mass is 19.4. The molecule has 0 aliphatic heterocycles. The number of hydrogen-bond acceptors (Lipinski definition) is 2. The molecule has 2 atom stereocenters. The summed E-state index contributed by atoms with van der Waals surface area (Å²) in [6, 6.07) is 5.11. The van der Waals surface area contributed by atoms with Crippen LogP contribution in [0.15, 0.2) is 24.3 Å². The van der Waals surface area contributed by atoms with Gasteiger partial charge in [-0.3, -0.25) is 9.59 Å². The van der Waals surface area contributed by atoms with Gasteiger partial charge in [-0.05, 0) is 37.8 Å². The third-order valence-electron chi connectivity index (χ3n) is 4.25. The van der Waals surface area contributed by atoms with Gasteiger partial charge in [0.25, 0.3) is 0 Å². The Balaban J connectivity index is 2.14. The standard InChI is InChI=1S/C17H20F3NO3/c1-10(2)21(8-7-15(22)23)16(24)13-9-12(13)11-5-3-4-6-14(11)17(18,19)20/h3-6,10,12-13H,7-9H2,1-2H3,(H,22,23). The molecular formula is C17H20F3NO3. The van der Waals surface area contributed by atoms with Crippen molar-refractivity contribution in [2.45, 2.75) is 44.8 Å². The monoisotopic (exact) mass is 343 g/mol. The third kappa shape index (κ3) is 4.07. The van der Waals surface area contributed by atoms with Crippen molar-refractivity contribution in [1.82, 2.24) is 4.90 Å². The first-order valence-electron chi connectivity index (χ1n) is 7.81. The smallest absolute Gasteiger partial charge is 0.416 e. The van der Waals surface area contributed by atoms with Crippen LogP contribution in [-0.4, -0.2) is 34.5 Å². The van der Waals surface area contributed by atoms with Gasteiger partial charge in [0, 0.05) is 18.5 Å². The minimum atomic E-state index is -4.45. The Morgan fingerprint density at radius 1 is 1.29 bits per heavy atom.